The molecule has 0 amide bonds. The van der Waals surface area contributed by atoms with Crippen LogP contribution in [0.5, 0.6) is 0 Å². The highest BCUT2D eigenvalue weighted by Crippen LogP contribution is 2.53. The first-order valence-electron chi connectivity index (χ1n) is 20.0. The molecule has 2 aromatic heterocycles. The molecule has 2 aliphatic carbocycles. The third-order valence-corrected chi connectivity index (χ3v) is 13.2. The zero-order valence-electron chi connectivity index (χ0n) is 32.5. The number of hydrogen-bond donors (Lipinski definition) is 0. The van der Waals surface area contributed by atoms with Crippen molar-refractivity contribution in [3.8, 4) is 27.9 Å². The van der Waals surface area contributed by atoms with Crippen LogP contribution in [0, 0.1) is 0 Å². The highest BCUT2D eigenvalue weighted by atomic mass is 16.3. The number of nitrogens with zero attached hydrogens (tertiary/aromatic N) is 2. The summed E-state index contributed by atoms with van der Waals surface area (Å²) in [7, 11) is 0. The standard InChI is InChI=1S/C54H40N2O/c1-53(2)45-17-9-5-13-37(45)39-27-25-35(31-47(39)53)55(36-26-28-40-38-14-6-10-18-46(38)54(3,4)48(40)32-36)33-21-23-34(24-22-33)56-49-19-11-7-15-41(49)43-29-30-44-42-16-8-12-20-50(42)57-52(44)51(43)56/h5-32H,1-4H3. The van der Waals surface area contributed by atoms with Crippen LogP contribution >= 0.6 is 0 Å². The zero-order chi connectivity index (χ0) is 38.2. The van der Waals surface area contributed by atoms with Gasteiger partial charge in [-0.05, 0) is 111 Å². The van der Waals surface area contributed by atoms with E-state index in [-0.39, 0.29) is 10.8 Å². The van der Waals surface area contributed by atoms with Crippen molar-refractivity contribution in [2.45, 2.75) is 38.5 Å². The van der Waals surface area contributed by atoms with E-state index >= 15 is 0 Å². The molecule has 272 valence electrons. The normalized spacial score (nSPS) is 14.6. The van der Waals surface area contributed by atoms with Gasteiger partial charge in [-0.3, -0.25) is 0 Å². The van der Waals surface area contributed by atoms with Gasteiger partial charge in [-0.25, -0.2) is 0 Å². The summed E-state index contributed by atoms with van der Waals surface area (Å²) in [5.41, 5.74) is 19.1. The van der Waals surface area contributed by atoms with Crippen molar-refractivity contribution >= 4 is 60.8 Å². The molecule has 10 aromatic rings. The van der Waals surface area contributed by atoms with Crippen LogP contribution < -0.4 is 4.90 Å². The Hall–Kier alpha value is -6.84. The maximum Gasteiger partial charge on any atom is 0.160 e. The third kappa shape index (κ3) is 4.37. The van der Waals surface area contributed by atoms with E-state index in [0.717, 1.165) is 55.7 Å². The van der Waals surface area contributed by atoms with E-state index < -0.39 is 0 Å². The molecule has 0 aliphatic heterocycles. The van der Waals surface area contributed by atoms with Crippen molar-refractivity contribution in [1.29, 1.82) is 0 Å². The minimum Gasteiger partial charge on any atom is -0.454 e. The lowest BCUT2D eigenvalue weighted by molar-refractivity contribution is 0.660. The number of para-hydroxylation sites is 2. The van der Waals surface area contributed by atoms with Crippen molar-refractivity contribution in [2.75, 3.05) is 4.90 Å². The van der Waals surface area contributed by atoms with Crippen LogP contribution in [-0.2, 0) is 10.8 Å². The molecule has 0 bridgehead atoms. The number of furan rings is 1. The van der Waals surface area contributed by atoms with Gasteiger partial charge in [-0.2, -0.15) is 0 Å². The molecular weight excluding hydrogens is 693 g/mol. The molecule has 0 radical (unpaired) electrons. The van der Waals surface area contributed by atoms with Gasteiger partial charge in [0, 0.05) is 55.1 Å². The van der Waals surface area contributed by atoms with E-state index in [1.807, 2.05) is 6.07 Å². The maximum atomic E-state index is 6.66. The van der Waals surface area contributed by atoms with Crippen molar-refractivity contribution in [1.82, 2.24) is 4.57 Å². The summed E-state index contributed by atoms with van der Waals surface area (Å²) >= 11 is 0. The van der Waals surface area contributed by atoms with Gasteiger partial charge < -0.3 is 13.9 Å². The summed E-state index contributed by atoms with van der Waals surface area (Å²) in [4.78, 5) is 2.45. The number of aromatic nitrogens is 1. The number of hydrogen-bond acceptors (Lipinski definition) is 2. The summed E-state index contributed by atoms with van der Waals surface area (Å²) in [6, 6.07) is 62.6. The summed E-state index contributed by atoms with van der Waals surface area (Å²) in [6.07, 6.45) is 0. The van der Waals surface area contributed by atoms with E-state index in [4.69, 9.17) is 4.42 Å². The average molecular weight is 733 g/mol. The van der Waals surface area contributed by atoms with Gasteiger partial charge in [-0.15, -0.1) is 0 Å². The Morgan fingerprint density at radius 1 is 0.421 bits per heavy atom. The van der Waals surface area contributed by atoms with E-state index in [1.165, 1.54) is 55.3 Å². The Morgan fingerprint density at radius 2 is 0.930 bits per heavy atom. The fourth-order valence-corrected chi connectivity index (χ4v) is 10.4. The minimum atomic E-state index is -0.114. The van der Waals surface area contributed by atoms with E-state index in [0.29, 0.717) is 0 Å². The highest BCUT2D eigenvalue weighted by Gasteiger charge is 2.37. The molecule has 8 aromatic carbocycles. The molecule has 0 atom stereocenters. The van der Waals surface area contributed by atoms with Crippen LogP contribution in [0.25, 0.3) is 71.7 Å². The Balaban J connectivity index is 1.06. The Morgan fingerprint density at radius 3 is 1.58 bits per heavy atom. The second-order valence-corrected chi connectivity index (χ2v) is 16.9. The zero-order valence-corrected chi connectivity index (χ0v) is 32.5. The van der Waals surface area contributed by atoms with Crippen LogP contribution in [0.4, 0.5) is 17.1 Å². The quantitative estimate of drug-likeness (QED) is 0.180. The smallest absolute Gasteiger partial charge is 0.160 e. The van der Waals surface area contributed by atoms with Crippen LogP contribution in [0.15, 0.2) is 174 Å². The average Bonchev–Trinajstić information content (AvgIpc) is 3.92. The van der Waals surface area contributed by atoms with Gasteiger partial charge in [0.15, 0.2) is 5.58 Å². The fraction of sp³-hybridized carbons (Fsp3) is 0.111. The second-order valence-electron chi connectivity index (χ2n) is 16.9. The van der Waals surface area contributed by atoms with E-state index in [9.17, 15) is 0 Å². The molecular formula is C54H40N2O. The second kappa shape index (κ2) is 11.4. The minimum absolute atomic E-state index is 0.114. The van der Waals surface area contributed by atoms with Crippen LogP contribution in [0.1, 0.15) is 49.9 Å². The number of benzene rings is 8. The van der Waals surface area contributed by atoms with Crippen molar-refractivity contribution in [3.63, 3.8) is 0 Å². The van der Waals surface area contributed by atoms with Crippen LogP contribution in [-0.4, -0.2) is 4.57 Å². The first-order valence-corrected chi connectivity index (χ1v) is 20.0. The molecule has 0 fully saturated rings. The molecule has 0 spiro atoms. The summed E-state index contributed by atoms with van der Waals surface area (Å²) in [5, 5.41) is 4.67. The fourth-order valence-electron chi connectivity index (χ4n) is 10.4. The molecule has 2 aliphatic rings. The lowest BCUT2D eigenvalue weighted by Crippen LogP contribution is -2.18. The lowest BCUT2D eigenvalue weighted by Gasteiger charge is -2.30. The summed E-state index contributed by atoms with van der Waals surface area (Å²) < 4.78 is 9.04. The van der Waals surface area contributed by atoms with Gasteiger partial charge >= 0.3 is 0 Å². The van der Waals surface area contributed by atoms with Gasteiger partial charge in [0.05, 0.1) is 11.0 Å². The molecule has 57 heavy (non-hydrogen) atoms. The van der Waals surface area contributed by atoms with Crippen molar-refractivity contribution in [2.24, 2.45) is 0 Å². The SMILES string of the molecule is CC1(C)c2ccccc2-c2ccc(N(c3ccc(-n4c5ccccc5c5ccc6c7ccccc7oc6c54)cc3)c3ccc4c(c3)C(C)(C)c3ccccc3-4)cc21. The predicted octanol–water partition coefficient (Wildman–Crippen LogP) is 14.8. The first-order chi connectivity index (χ1) is 27.8. The largest absolute Gasteiger partial charge is 0.454 e. The molecule has 0 unspecified atom stereocenters. The van der Waals surface area contributed by atoms with Crippen molar-refractivity contribution < 1.29 is 4.42 Å². The monoisotopic (exact) mass is 732 g/mol. The Kier molecular flexibility index (Phi) is 6.46. The predicted molar refractivity (Wildman–Crippen MR) is 238 cm³/mol. The highest BCUT2D eigenvalue weighted by molar-refractivity contribution is 6.21. The van der Waals surface area contributed by atoms with Gasteiger partial charge in [0.2, 0.25) is 0 Å². The summed E-state index contributed by atoms with van der Waals surface area (Å²) in [6.45, 7) is 9.45. The lowest BCUT2D eigenvalue weighted by atomic mass is 9.82. The summed E-state index contributed by atoms with van der Waals surface area (Å²) in [5.74, 6) is 0. The molecule has 3 nitrogen and oxygen atoms in total. The molecule has 12 rings (SSSR count). The third-order valence-electron chi connectivity index (χ3n) is 13.2. The number of fused-ring (bicyclic) bond motifs is 13. The number of anilines is 3. The van der Waals surface area contributed by atoms with Gasteiger partial charge in [0.25, 0.3) is 0 Å². The van der Waals surface area contributed by atoms with Crippen molar-refractivity contribution in [3.05, 3.63) is 192 Å². The Labute approximate surface area is 332 Å². The molecule has 0 saturated carbocycles. The van der Waals surface area contributed by atoms with Crippen LogP contribution in [0.3, 0.4) is 0 Å². The van der Waals surface area contributed by atoms with E-state index in [1.54, 1.807) is 0 Å². The van der Waals surface area contributed by atoms with E-state index in [2.05, 4.69) is 201 Å². The van der Waals surface area contributed by atoms with Crippen LogP contribution in [0.2, 0.25) is 0 Å². The number of rotatable bonds is 4. The molecule has 2 heterocycles. The Bertz CT molecular complexity index is 3190. The van der Waals surface area contributed by atoms with Gasteiger partial charge in [-0.1, -0.05) is 131 Å². The first kappa shape index (κ1) is 32.4. The molecule has 0 saturated heterocycles. The molecule has 0 N–H and O–H groups in total. The molecule has 3 heteroatoms. The van der Waals surface area contributed by atoms with Gasteiger partial charge in [0.1, 0.15) is 5.58 Å². The maximum absolute atomic E-state index is 6.66. The topological polar surface area (TPSA) is 21.3 Å².